The third-order valence-corrected chi connectivity index (χ3v) is 4.17. The van der Waals surface area contributed by atoms with Crippen LogP contribution in [0, 0.1) is 0 Å². The number of hydrogen-bond acceptors (Lipinski definition) is 2. The minimum Gasteiger partial charge on any atom is -0.313 e. The number of likely N-dealkylation sites (N-methyl/N-ethyl adjacent to an activating group) is 1. The molecule has 1 aromatic heterocycles. The molecule has 0 aliphatic heterocycles. The van der Waals surface area contributed by atoms with Gasteiger partial charge in [-0.2, -0.15) is 0 Å². The van der Waals surface area contributed by atoms with Crippen molar-refractivity contribution in [3.8, 4) is 0 Å². The number of benzene rings is 2. The highest BCUT2D eigenvalue weighted by molar-refractivity contribution is 9.10. The Morgan fingerprint density at radius 3 is 2.52 bits per heavy atom. The van der Waals surface area contributed by atoms with Crippen molar-refractivity contribution in [1.29, 1.82) is 0 Å². The van der Waals surface area contributed by atoms with Gasteiger partial charge in [-0.1, -0.05) is 34.1 Å². The molecule has 4 nitrogen and oxygen atoms in total. The van der Waals surface area contributed by atoms with Gasteiger partial charge in [0.25, 0.3) is 0 Å². The molecule has 1 heterocycles. The highest BCUT2D eigenvalue weighted by Crippen LogP contribution is 2.22. The quantitative estimate of drug-likeness (QED) is 0.680. The average Bonchev–Trinajstić information content (AvgIpc) is 2.85. The number of hydrogen-bond donors (Lipinski definition) is 3. The second-order valence-corrected chi connectivity index (χ2v) is 5.97. The van der Waals surface area contributed by atoms with Crippen molar-refractivity contribution in [1.82, 2.24) is 15.3 Å². The molecule has 0 aliphatic rings. The smallest absolute Gasteiger partial charge is 0.313 e. The Balaban J connectivity index is 1.89. The molecule has 0 spiro atoms. The van der Waals surface area contributed by atoms with Gasteiger partial charge in [0.2, 0.25) is 0 Å². The summed E-state index contributed by atoms with van der Waals surface area (Å²) < 4.78 is 1.08. The molecular weight excluding hydrogens is 330 g/mol. The Hall–Kier alpha value is -1.85. The maximum Gasteiger partial charge on any atom is 0.323 e. The fourth-order valence-corrected chi connectivity index (χ4v) is 2.77. The minimum absolute atomic E-state index is 0.170. The molecule has 1 unspecified atom stereocenters. The number of nitrogens with one attached hydrogen (secondary N) is 3. The molecule has 0 amide bonds. The summed E-state index contributed by atoms with van der Waals surface area (Å²) in [5.74, 6) is 0. The van der Waals surface area contributed by atoms with Crippen LogP contribution >= 0.6 is 15.9 Å². The molecule has 21 heavy (non-hydrogen) atoms. The predicted molar refractivity (Wildman–Crippen MR) is 88.6 cm³/mol. The van der Waals surface area contributed by atoms with E-state index in [0.29, 0.717) is 0 Å². The molecule has 1 atom stereocenters. The van der Waals surface area contributed by atoms with Crippen LogP contribution in [-0.4, -0.2) is 17.0 Å². The van der Waals surface area contributed by atoms with Crippen molar-refractivity contribution in [2.75, 3.05) is 7.05 Å². The highest BCUT2D eigenvalue weighted by Gasteiger charge is 2.11. The molecule has 3 rings (SSSR count). The molecule has 0 radical (unpaired) electrons. The van der Waals surface area contributed by atoms with E-state index in [1.165, 1.54) is 5.56 Å². The zero-order valence-corrected chi connectivity index (χ0v) is 13.2. The van der Waals surface area contributed by atoms with Gasteiger partial charge in [0, 0.05) is 10.5 Å². The average molecular weight is 346 g/mol. The number of rotatable bonds is 4. The Bertz CT molecular complexity index is 804. The molecule has 5 heteroatoms. The van der Waals surface area contributed by atoms with Crippen LogP contribution in [0.3, 0.4) is 0 Å². The zero-order valence-electron chi connectivity index (χ0n) is 11.6. The fourth-order valence-electron chi connectivity index (χ4n) is 2.51. The number of aromatic nitrogens is 2. The van der Waals surface area contributed by atoms with Gasteiger partial charge in [-0.15, -0.1) is 0 Å². The first-order valence-corrected chi connectivity index (χ1v) is 7.58. The topological polar surface area (TPSA) is 60.7 Å². The molecule has 0 saturated carbocycles. The van der Waals surface area contributed by atoms with Crippen molar-refractivity contribution in [2.45, 2.75) is 12.5 Å². The largest absolute Gasteiger partial charge is 0.323 e. The van der Waals surface area contributed by atoms with Crippen molar-refractivity contribution in [3.63, 3.8) is 0 Å². The van der Waals surface area contributed by atoms with Gasteiger partial charge in [0.05, 0.1) is 11.0 Å². The molecule has 2 aromatic carbocycles. The second-order valence-electron chi connectivity index (χ2n) is 5.06. The minimum atomic E-state index is -0.170. The Morgan fingerprint density at radius 2 is 1.81 bits per heavy atom. The van der Waals surface area contributed by atoms with E-state index in [-0.39, 0.29) is 11.7 Å². The first kappa shape index (κ1) is 14.1. The van der Waals surface area contributed by atoms with Gasteiger partial charge in [0.15, 0.2) is 0 Å². The van der Waals surface area contributed by atoms with E-state index < -0.39 is 0 Å². The van der Waals surface area contributed by atoms with Crippen LogP contribution in [0.1, 0.15) is 17.2 Å². The summed E-state index contributed by atoms with van der Waals surface area (Å²) in [5.41, 5.74) is 3.93. The summed E-state index contributed by atoms with van der Waals surface area (Å²) in [5, 5.41) is 3.34. The number of halogens is 1. The van der Waals surface area contributed by atoms with E-state index in [2.05, 4.69) is 55.5 Å². The number of aromatic amines is 2. The van der Waals surface area contributed by atoms with Crippen LogP contribution in [0.2, 0.25) is 0 Å². The predicted octanol–water partition coefficient (Wildman–Crippen LogP) is 3.12. The lowest BCUT2D eigenvalue weighted by molar-refractivity contribution is 0.592. The molecular formula is C16H16BrN3O. The SMILES string of the molecule is CNC(Cc1ccc(Br)cc1)c1ccc2[nH]c(=O)[nH]c2c1. The number of imidazole rings is 1. The van der Waals surface area contributed by atoms with Crippen molar-refractivity contribution < 1.29 is 0 Å². The molecule has 3 N–H and O–H groups in total. The lowest BCUT2D eigenvalue weighted by Crippen LogP contribution is -2.18. The first-order chi connectivity index (χ1) is 10.2. The zero-order chi connectivity index (χ0) is 14.8. The van der Waals surface area contributed by atoms with Gasteiger partial charge in [0.1, 0.15) is 0 Å². The van der Waals surface area contributed by atoms with Crippen molar-refractivity contribution >= 4 is 27.0 Å². The van der Waals surface area contributed by atoms with E-state index >= 15 is 0 Å². The van der Waals surface area contributed by atoms with Crippen LogP contribution in [0.15, 0.2) is 51.7 Å². The van der Waals surface area contributed by atoms with E-state index in [4.69, 9.17) is 0 Å². The number of fused-ring (bicyclic) bond motifs is 1. The molecule has 3 aromatic rings. The van der Waals surface area contributed by atoms with Gasteiger partial charge in [-0.25, -0.2) is 4.79 Å². The lowest BCUT2D eigenvalue weighted by atomic mass is 9.98. The maximum atomic E-state index is 11.3. The molecule has 0 fully saturated rings. The van der Waals surface area contributed by atoms with E-state index in [1.807, 2.05) is 25.2 Å². The molecule has 0 aliphatic carbocycles. The summed E-state index contributed by atoms with van der Waals surface area (Å²) >= 11 is 3.45. The Labute approximate surface area is 130 Å². The summed E-state index contributed by atoms with van der Waals surface area (Å²) in [6.07, 6.45) is 0.893. The Kier molecular flexibility index (Phi) is 3.94. The monoisotopic (exact) mass is 345 g/mol. The summed E-state index contributed by atoms with van der Waals surface area (Å²) in [6.45, 7) is 0. The Morgan fingerprint density at radius 1 is 1.10 bits per heavy atom. The third-order valence-electron chi connectivity index (χ3n) is 3.64. The van der Waals surface area contributed by atoms with E-state index in [1.54, 1.807) is 0 Å². The van der Waals surface area contributed by atoms with Crippen molar-refractivity contribution in [2.24, 2.45) is 0 Å². The first-order valence-electron chi connectivity index (χ1n) is 6.79. The van der Waals surface area contributed by atoms with Crippen LogP contribution in [-0.2, 0) is 6.42 Å². The van der Waals surface area contributed by atoms with E-state index in [9.17, 15) is 4.79 Å². The van der Waals surface area contributed by atoms with Gasteiger partial charge >= 0.3 is 5.69 Å². The molecule has 108 valence electrons. The second kappa shape index (κ2) is 5.87. The van der Waals surface area contributed by atoms with Crippen LogP contribution < -0.4 is 11.0 Å². The van der Waals surface area contributed by atoms with Crippen LogP contribution in [0.25, 0.3) is 11.0 Å². The summed E-state index contributed by atoms with van der Waals surface area (Å²) in [6, 6.07) is 14.5. The standard InChI is InChI=1S/C16H16BrN3O/c1-18-14(8-10-2-5-12(17)6-3-10)11-4-7-13-15(9-11)20-16(21)19-13/h2-7,9,14,18H,8H2,1H3,(H2,19,20,21). The lowest BCUT2D eigenvalue weighted by Gasteiger charge is -2.17. The van der Waals surface area contributed by atoms with Crippen LogP contribution in [0.5, 0.6) is 0 Å². The molecule has 0 saturated heterocycles. The molecule has 0 bridgehead atoms. The highest BCUT2D eigenvalue weighted by atomic mass is 79.9. The fraction of sp³-hybridized carbons (Fsp3) is 0.188. The third kappa shape index (κ3) is 3.09. The van der Waals surface area contributed by atoms with Gasteiger partial charge in [-0.05, 0) is 48.9 Å². The summed E-state index contributed by atoms with van der Waals surface area (Å²) in [7, 11) is 1.95. The van der Waals surface area contributed by atoms with Crippen LogP contribution in [0.4, 0.5) is 0 Å². The van der Waals surface area contributed by atoms with Gasteiger partial charge in [-0.3, -0.25) is 0 Å². The number of H-pyrrole nitrogens is 2. The van der Waals surface area contributed by atoms with Gasteiger partial charge < -0.3 is 15.3 Å². The normalized spacial score (nSPS) is 12.7. The summed E-state index contributed by atoms with van der Waals surface area (Å²) in [4.78, 5) is 16.9. The maximum absolute atomic E-state index is 11.3. The van der Waals surface area contributed by atoms with Crippen molar-refractivity contribution in [3.05, 3.63) is 68.5 Å². The van der Waals surface area contributed by atoms with E-state index in [0.717, 1.165) is 27.5 Å².